The summed E-state index contributed by atoms with van der Waals surface area (Å²) in [5, 5.41) is 8.75. The Hall–Kier alpha value is -2.70. The number of aromatic nitrogens is 2. The molecule has 0 fully saturated rings. The molecule has 2 N–H and O–H groups in total. The summed E-state index contributed by atoms with van der Waals surface area (Å²) < 4.78 is 14.8. The number of benzene rings is 1. The van der Waals surface area contributed by atoms with Crippen molar-refractivity contribution in [3.05, 3.63) is 67.7 Å². The van der Waals surface area contributed by atoms with E-state index in [2.05, 4.69) is 4.98 Å². The molecule has 2 rings (SSSR count). The minimum atomic E-state index is -1.35. The molecule has 0 aliphatic rings. The summed E-state index contributed by atoms with van der Waals surface area (Å²) in [5.74, 6) is -2.22. The van der Waals surface area contributed by atoms with E-state index in [0.29, 0.717) is 17.5 Å². The topological polar surface area (TPSA) is 92.2 Å². The molecule has 6 nitrogen and oxygen atoms in total. The van der Waals surface area contributed by atoms with Crippen molar-refractivity contribution < 1.29 is 14.3 Å². The first-order chi connectivity index (χ1) is 9.92. The highest BCUT2D eigenvalue weighted by molar-refractivity contribution is 5.87. The number of carbonyl (C=O) groups is 1. The zero-order valence-corrected chi connectivity index (χ0v) is 11.2. The van der Waals surface area contributed by atoms with Gasteiger partial charge < -0.3 is 5.11 Å². The zero-order valence-electron chi connectivity index (χ0n) is 11.2. The fourth-order valence-corrected chi connectivity index (χ4v) is 1.95. The number of H-pyrrole nitrogens is 1. The first-order valence-corrected chi connectivity index (χ1v) is 6.26. The summed E-state index contributed by atoms with van der Waals surface area (Å²) in [5.41, 5.74) is -0.598. The summed E-state index contributed by atoms with van der Waals surface area (Å²) in [4.78, 5) is 36.1. The Morgan fingerprint density at radius 3 is 2.67 bits per heavy atom. The lowest BCUT2D eigenvalue weighted by Gasteiger charge is -2.08. The van der Waals surface area contributed by atoms with Gasteiger partial charge in [-0.1, -0.05) is 13.0 Å². The van der Waals surface area contributed by atoms with E-state index in [-0.39, 0.29) is 6.54 Å². The van der Waals surface area contributed by atoms with Gasteiger partial charge in [0.15, 0.2) is 0 Å². The van der Waals surface area contributed by atoms with Gasteiger partial charge in [-0.05, 0) is 24.1 Å². The SMILES string of the molecule is CCc1cn(Cc2ccc(C(=O)O)c(F)c2)c(=O)[nH]c1=O. The molecule has 0 bridgehead atoms. The number of hydrogen-bond donors (Lipinski definition) is 2. The maximum absolute atomic E-state index is 13.6. The first kappa shape index (κ1) is 14.7. The molecular formula is C14H13FN2O4. The van der Waals surface area contributed by atoms with Crippen molar-refractivity contribution in [1.82, 2.24) is 9.55 Å². The fourth-order valence-electron chi connectivity index (χ4n) is 1.95. The van der Waals surface area contributed by atoms with E-state index in [1.807, 2.05) is 0 Å². The van der Waals surface area contributed by atoms with Gasteiger partial charge in [0, 0.05) is 11.8 Å². The first-order valence-electron chi connectivity index (χ1n) is 6.26. The quantitative estimate of drug-likeness (QED) is 0.878. The Balaban J connectivity index is 2.39. The highest BCUT2D eigenvalue weighted by atomic mass is 19.1. The molecule has 1 heterocycles. The van der Waals surface area contributed by atoms with E-state index >= 15 is 0 Å². The number of rotatable bonds is 4. The average molecular weight is 292 g/mol. The van der Waals surface area contributed by atoms with Crippen LogP contribution in [-0.2, 0) is 13.0 Å². The minimum absolute atomic E-state index is 0.0411. The van der Waals surface area contributed by atoms with E-state index in [0.717, 1.165) is 12.1 Å². The number of carboxylic acids is 1. The third-order valence-corrected chi connectivity index (χ3v) is 3.08. The molecule has 0 amide bonds. The van der Waals surface area contributed by atoms with Crippen LogP contribution < -0.4 is 11.2 Å². The number of carboxylic acid groups (broad SMARTS) is 1. The van der Waals surface area contributed by atoms with E-state index in [1.165, 1.54) is 16.8 Å². The van der Waals surface area contributed by atoms with Gasteiger partial charge in [0.2, 0.25) is 0 Å². The molecular weight excluding hydrogens is 279 g/mol. The summed E-state index contributed by atoms with van der Waals surface area (Å²) in [6.07, 6.45) is 1.88. The number of nitrogens with one attached hydrogen (secondary N) is 1. The Bertz CT molecular complexity index is 807. The van der Waals surface area contributed by atoms with Gasteiger partial charge in [0.1, 0.15) is 5.82 Å². The average Bonchev–Trinajstić information content (AvgIpc) is 2.41. The van der Waals surface area contributed by atoms with Crippen molar-refractivity contribution in [2.75, 3.05) is 0 Å². The van der Waals surface area contributed by atoms with E-state index < -0.39 is 28.6 Å². The molecule has 0 aliphatic carbocycles. The molecule has 0 saturated heterocycles. The number of aryl methyl sites for hydroxylation is 1. The third kappa shape index (κ3) is 3.07. The van der Waals surface area contributed by atoms with Crippen LogP contribution in [0.4, 0.5) is 4.39 Å². The normalized spacial score (nSPS) is 10.6. The standard InChI is InChI=1S/C14H13FN2O4/c1-2-9-7-17(14(21)16-12(9)18)6-8-3-4-10(13(19)20)11(15)5-8/h3-5,7H,2,6H2,1H3,(H,19,20)(H,16,18,21). The second kappa shape index (κ2) is 5.74. The van der Waals surface area contributed by atoms with E-state index in [1.54, 1.807) is 6.92 Å². The third-order valence-electron chi connectivity index (χ3n) is 3.08. The van der Waals surface area contributed by atoms with E-state index in [9.17, 15) is 18.8 Å². The van der Waals surface area contributed by atoms with Gasteiger partial charge in [0.25, 0.3) is 5.56 Å². The Kier molecular flexibility index (Phi) is 4.02. The second-order valence-electron chi connectivity index (χ2n) is 4.51. The molecule has 0 unspecified atom stereocenters. The second-order valence-corrected chi connectivity index (χ2v) is 4.51. The molecule has 7 heteroatoms. The van der Waals surface area contributed by atoms with Crippen LogP contribution in [0.15, 0.2) is 34.0 Å². The minimum Gasteiger partial charge on any atom is -0.478 e. The van der Waals surface area contributed by atoms with Crippen molar-refractivity contribution in [2.24, 2.45) is 0 Å². The lowest BCUT2D eigenvalue weighted by atomic mass is 10.1. The highest BCUT2D eigenvalue weighted by Crippen LogP contribution is 2.11. The van der Waals surface area contributed by atoms with Crippen LogP contribution in [0, 0.1) is 5.82 Å². The molecule has 21 heavy (non-hydrogen) atoms. The Morgan fingerprint density at radius 2 is 2.10 bits per heavy atom. The molecule has 2 aromatic rings. The predicted molar refractivity (Wildman–Crippen MR) is 73.2 cm³/mol. The highest BCUT2D eigenvalue weighted by Gasteiger charge is 2.11. The summed E-state index contributed by atoms with van der Waals surface area (Å²) in [6.45, 7) is 1.82. The van der Waals surface area contributed by atoms with Crippen molar-refractivity contribution in [3.8, 4) is 0 Å². The van der Waals surface area contributed by atoms with Crippen LogP contribution in [0.2, 0.25) is 0 Å². The fraction of sp³-hybridized carbons (Fsp3) is 0.214. The van der Waals surface area contributed by atoms with Crippen LogP contribution in [-0.4, -0.2) is 20.6 Å². The van der Waals surface area contributed by atoms with Crippen LogP contribution in [0.5, 0.6) is 0 Å². The zero-order chi connectivity index (χ0) is 15.6. The molecule has 0 aliphatic heterocycles. The van der Waals surface area contributed by atoms with Crippen LogP contribution in [0.1, 0.15) is 28.4 Å². The maximum atomic E-state index is 13.6. The number of aromatic carboxylic acids is 1. The van der Waals surface area contributed by atoms with Crippen molar-refractivity contribution in [1.29, 1.82) is 0 Å². The molecule has 0 saturated carbocycles. The number of hydrogen-bond acceptors (Lipinski definition) is 3. The molecule has 1 aromatic heterocycles. The maximum Gasteiger partial charge on any atom is 0.338 e. The van der Waals surface area contributed by atoms with E-state index in [4.69, 9.17) is 5.11 Å². The number of halogens is 1. The van der Waals surface area contributed by atoms with Gasteiger partial charge in [-0.15, -0.1) is 0 Å². The molecule has 0 radical (unpaired) electrons. The Morgan fingerprint density at radius 1 is 1.38 bits per heavy atom. The predicted octanol–water partition coefficient (Wildman–Crippen LogP) is 0.985. The van der Waals surface area contributed by atoms with Crippen LogP contribution >= 0.6 is 0 Å². The van der Waals surface area contributed by atoms with Gasteiger partial charge in [-0.2, -0.15) is 0 Å². The van der Waals surface area contributed by atoms with Crippen molar-refractivity contribution >= 4 is 5.97 Å². The lowest BCUT2D eigenvalue weighted by molar-refractivity contribution is 0.0692. The summed E-state index contributed by atoms with van der Waals surface area (Å²) in [7, 11) is 0. The summed E-state index contributed by atoms with van der Waals surface area (Å²) >= 11 is 0. The smallest absolute Gasteiger partial charge is 0.338 e. The Labute approximate surface area is 118 Å². The van der Waals surface area contributed by atoms with Gasteiger partial charge in [0.05, 0.1) is 12.1 Å². The largest absolute Gasteiger partial charge is 0.478 e. The van der Waals surface area contributed by atoms with Gasteiger partial charge in [-0.25, -0.2) is 14.0 Å². The summed E-state index contributed by atoms with van der Waals surface area (Å²) in [6, 6.07) is 3.63. The molecule has 110 valence electrons. The lowest BCUT2D eigenvalue weighted by Crippen LogP contribution is -2.31. The van der Waals surface area contributed by atoms with Crippen LogP contribution in [0.25, 0.3) is 0 Å². The van der Waals surface area contributed by atoms with Gasteiger partial charge >= 0.3 is 11.7 Å². The van der Waals surface area contributed by atoms with Crippen molar-refractivity contribution in [3.63, 3.8) is 0 Å². The molecule has 1 aromatic carbocycles. The van der Waals surface area contributed by atoms with Crippen molar-refractivity contribution in [2.45, 2.75) is 19.9 Å². The number of aromatic amines is 1. The number of nitrogens with zero attached hydrogens (tertiary/aromatic N) is 1. The molecule has 0 atom stereocenters. The van der Waals surface area contributed by atoms with Crippen LogP contribution in [0.3, 0.4) is 0 Å². The van der Waals surface area contributed by atoms with Gasteiger partial charge in [-0.3, -0.25) is 14.3 Å². The monoisotopic (exact) mass is 292 g/mol. The molecule has 0 spiro atoms.